The number of ether oxygens (including phenoxy) is 2. The molecule has 0 aromatic heterocycles. The predicted octanol–water partition coefficient (Wildman–Crippen LogP) is 4.94. The second-order valence-corrected chi connectivity index (χ2v) is 8.94. The van der Waals surface area contributed by atoms with Gasteiger partial charge < -0.3 is 9.47 Å². The molecule has 30 heavy (non-hydrogen) atoms. The van der Waals surface area contributed by atoms with E-state index in [9.17, 15) is 8.42 Å². The molecule has 0 saturated carbocycles. The summed E-state index contributed by atoms with van der Waals surface area (Å²) in [6.07, 6.45) is 1.51. The van der Waals surface area contributed by atoms with Crippen LogP contribution in [0, 0.1) is 0 Å². The fourth-order valence-electron chi connectivity index (χ4n) is 3.42. The fourth-order valence-corrected chi connectivity index (χ4v) is 5.18. The van der Waals surface area contributed by atoms with Crippen molar-refractivity contribution in [1.29, 1.82) is 0 Å². The van der Waals surface area contributed by atoms with E-state index in [2.05, 4.69) is 0 Å². The Morgan fingerprint density at radius 1 is 0.933 bits per heavy atom. The van der Waals surface area contributed by atoms with E-state index in [1.54, 1.807) is 36.4 Å². The Hall–Kier alpha value is -2.83. The maximum absolute atomic E-state index is 14.0. The van der Waals surface area contributed by atoms with Gasteiger partial charge in [-0.05, 0) is 42.8 Å². The van der Waals surface area contributed by atoms with Gasteiger partial charge in [-0.2, -0.15) is 0 Å². The molecule has 4 rings (SSSR count). The van der Waals surface area contributed by atoms with Crippen molar-refractivity contribution < 1.29 is 17.9 Å². The Morgan fingerprint density at radius 3 is 2.07 bits per heavy atom. The second-order valence-electron chi connectivity index (χ2n) is 7.19. The molecule has 0 N–H and O–H groups in total. The van der Waals surface area contributed by atoms with Crippen LogP contribution in [0.25, 0.3) is 0 Å². The first kappa shape index (κ1) is 20.4. The molecule has 0 amide bonds. The van der Waals surface area contributed by atoms with Gasteiger partial charge in [-0.15, -0.1) is 0 Å². The van der Waals surface area contributed by atoms with Crippen molar-refractivity contribution in [2.45, 2.75) is 30.8 Å². The molecule has 6 heteroatoms. The van der Waals surface area contributed by atoms with Crippen LogP contribution in [0.15, 0.2) is 83.8 Å². The Kier molecular flexibility index (Phi) is 6.06. The van der Waals surface area contributed by atoms with E-state index >= 15 is 0 Å². The van der Waals surface area contributed by atoms with Gasteiger partial charge in [0.2, 0.25) is 0 Å². The molecule has 0 spiro atoms. The van der Waals surface area contributed by atoms with Crippen molar-refractivity contribution in [3.8, 4) is 5.75 Å². The number of anilines is 2. The van der Waals surface area contributed by atoms with Crippen molar-refractivity contribution in [3.63, 3.8) is 0 Å². The molecule has 1 aliphatic rings. The fraction of sp³-hybridized carbons (Fsp3) is 0.250. The first-order chi connectivity index (χ1) is 14.6. The molecule has 156 valence electrons. The van der Waals surface area contributed by atoms with Gasteiger partial charge >= 0.3 is 0 Å². The summed E-state index contributed by atoms with van der Waals surface area (Å²) < 4.78 is 40.5. The zero-order chi connectivity index (χ0) is 21.0. The average Bonchev–Trinajstić information content (AvgIpc) is 3.59. The Morgan fingerprint density at radius 2 is 1.53 bits per heavy atom. The van der Waals surface area contributed by atoms with Gasteiger partial charge in [0.1, 0.15) is 18.5 Å². The van der Waals surface area contributed by atoms with Gasteiger partial charge in [-0.3, -0.25) is 0 Å². The Bertz CT molecular complexity index is 1040. The first-order valence-electron chi connectivity index (χ1n) is 10.1. The lowest BCUT2D eigenvalue weighted by Crippen LogP contribution is -2.27. The number of sulfonamides is 1. The van der Waals surface area contributed by atoms with Crippen LogP contribution < -0.4 is 9.04 Å². The standard InChI is InChI=1S/C24H25NO4S/c1-2-10-22-23(29-18-21-17-28-21)15-9-16-24(22)30(26,27)25(19-11-5-3-6-12-19)20-13-7-4-8-14-20/h3-9,11-16,21H,2,10,17-18H2,1H3. The molecule has 1 unspecified atom stereocenters. The Labute approximate surface area is 177 Å². The van der Waals surface area contributed by atoms with Gasteiger partial charge in [0, 0.05) is 5.56 Å². The molecule has 3 aromatic carbocycles. The summed E-state index contributed by atoms with van der Waals surface area (Å²) in [5.74, 6) is 0.606. The van der Waals surface area contributed by atoms with Crippen LogP contribution in [-0.2, 0) is 21.2 Å². The maximum atomic E-state index is 14.0. The number of rotatable bonds is 9. The van der Waals surface area contributed by atoms with Gasteiger partial charge in [0.05, 0.1) is 22.9 Å². The van der Waals surface area contributed by atoms with Crippen LogP contribution in [0.3, 0.4) is 0 Å². The van der Waals surface area contributed by atoms with E-state index in [1.165, 1.54) is 4.31 Å². The highest BCUT2D eigenvalue weighted by molar-refractivity contribution is 7.93. The minimum atomic E-state index is -3.88. The minimum absolute atomic E-state index is 0.102. The van der Waals surface area contributed by atoms with Crippen LogP contribution >= 0.6 is 0 Å². The zero-order valence-corrected chi connectivity index (χ0v) is 17.7. The number of para-hydroxylation sites is 2. The molecular weight excluding hydrogens is 398 g/mol. The van der Waals surface area contributed by atoms with Crippen molar-refractivity contribution in [1.82, 2.24) is 0 Å². The smallest absolute Gasteiger partial charge is 0.269 e. The summed E-state index contributed by atoms with van der Waals surface area (Å²) in [5.41, 5.74) is 1.88. The summed E-state index contributed by atoms with van der Waals surface area (Å²) in [6.45, 7) is 3.15. The number of hydrogen-bond acceptors (Lipinski definition) is 4. The monoisotopic (exact) mass is 423 g/mol. The van der Waals surface area contributed by atoms with Crippen LogP contribution in [0.5, 0.6) is 5.75 Å². The number of hydrogen-bond donors (Lipinski definition) is 0. The highest BCUT2D eigenvalue weighted by atomic mass is 32.2. The quantitative estimate of drug-likeness (QED) is 0.457. The van der Waals surface area contributed by atoms with E-state index < -0.39 is 10.0 Å². The number of benzene rings is 3. The summed E-state index contributed by atoms with van der Waals surface area (Å²) in [4.78, 5) is 0.270. The third kappa shape index (κ3) is 4.35. The molecule has 1 fully saturated rings. The topological polar surface area (TPSA) is 59.1 Å². The molecule has 0 aliphatic carbocycles. The number of nitrogens with zero attached hydrogens (tertiary/aromatic N) is 1. The van der Waals surface area contributed by atoms with E-state index in [0.717, 1.165) is 6.42 Å². The van der Waals surface area contributed by atoms with Crippen LogP contribution in [0.1, 0.15) is 18.9 Å². The lowest BCUT2D eigenvalue weighted by Gasteiger charge is -2.26. The van der Waals surface area contributed by atoms with Crippen LogP contribution in [0.2, 0.25) is 0 Å². The molecule has 5 nitrogen and oxygen atoms in total. The van der Waals surface area contributed by atoms with E-state index in [1.807, 2.05) is 49.4 Å². The first-order valence-corrected chi connectivity index (χ1v) is 11.6. The average molecular weight is 424 g/mol. The van der Waals surface area contributed by atoms with E-state index in [4.69, 9.17) is 9.47 Å². The highest BCUT2D eigenvalue weighted by Crippen LogP contribution is 2.36. The van der Waals surface area contributed by atoms with Crippen molar-refractivity contribution >= 4 is 21.4 Å². The second kappa shape index (κ2) is 8.90. The van der Waals surface area contributed by atoms with Crippen molar-refractivity contribution in [2.24, 2.45) is 0 Å². The van der Waals surface area contributed by atoms with Crippen molar-refractivity contribution in [2.75, 3.05) is 17.5 Å². The predicted molar refractivity (Wildman–Crippen MR) is 118 cm³/mol. The highest BCUT2D eigenvalue weighted by Gasteiger charge is 2.30. The SMILES string of the molecule is CCCc1c(OCC2CO2)cccc1S(=O)(=O)N(c1ccccc1)c1ccccc1. The molecular formula is C24H25NO4S. The lowest BCUT2D eigenvalue weighted by molar-refractivity contribution is 0.260. The maximum Gasteiger partial charge on any atom is 0.269 e. The largest absolute Gasteiger partial charge is 0.490 e. The van der Waals surface area contributed by atoms with Gasteiger partial charge in [-0.25, -0.2) is 12.7 Å². The van der Waals surface area contributed by atoms with Crippen LogP contribution in [-0.4, -0.2) is 27.7 Å². The molecule has 1 atom stereocenters. The van der Waals surface area contributed by atoms with Gasteiger partial charge in [0.25, 0.3) is 10.0 Å². The molecule has 1 aliphatic heterocycles. The minimum Gasteiger partial charge on any atom is -0.490 e. The zero-order valence-electron chi connectivity index (χ0n) is 16.9. The van der Waals surface area contributed by atoms with Crippen molar-refractivity contribution in [3.05, 3.63) is 84.4 Å². The molecule has 0 bridgehead atoms. The third-order valence-corrected chi connectivity index (χ3v) is 6.76. The van der Waals surface area contributed by atoms with E-state index in [-0.39, 0.29) is 11.0 Å². The molecule has 1 saturated heterocycles. The summed E-state index contributed by atoms with van der Waals surface area (Å²) in [6, 6.07) is 23.5. The third-order valence-electron chi connectivity index (χ3n) is 4.92. The molecule has 3 aromatic rings. The van der Waals surface area contributed by atoms with Gasteiger partial charge in [-0.1, -0.05) is 55.8 Å². The molecule has 0 radical (unpaired) electrons. The van der Waals surface area contributed by atoms with E-state index in [0.29, 0.717) is 42.3 Å². The number of epoxide rings is 1. The Balaban J connectivity index is 1.82. The molecule has 1 heterocycles. The van der Waals surface area contributed by atoms with Crippen LogP contribution in [0.4, 0.5) is 11.4 Å². The van der Waals surface area contributed by atoms with Gasteiger partial charge in [0.15, 0.2) is 0 Å². The lowest BCUT2D eigenvalue weighted by atomic mass is 10.1. The summed E-state index contributed by atoms with van der Waals surface area (Å²) in [7, 11) is -3.88. The summed E-state index contributed by atoms with van der Waals surface area (Å²) >= 11 is 0. The normalized spacial score (nSPS) is 15.6. The summed E-state index contributed by atoms with van der Waals surface area (Å²) in [5, 5.41) is 0.